The SMILES string of the molecule is Oc1c2c3c(c4c1OCO4)-c1ccccc1C[C@@H]3NCC2. The van der Waals surface area contributed by atoms with Crippen LogP contribution in [0.4, 0.5) is 0 Å². The molecule has 1 atom stereocenters. The van der Waals surface area contributed by atoms with Crippen LogP contribution in [-0.2, 0) is 12.8 Å². The Labute approximate surface area is 122 Å². The van der Waals surface area contributed by atoms with Crippen LogP contribution in [0.5, 0.6) is 17.2 Å². The fourth-order valence-electron chi connectivity index (χ4n) is 3.89. The summed E-state index contributed by atoms with van der Waals surface area (Å²) in [6.07, 6.45) is 1.78. The van der Waals surface area contributed by atoms with Gasteiger partial charge in [0.05, 0.1) is 0 Å². The van der Waals surface area contributed by atoms with E-state index in [0.29, 0.717) is 11.5 Å². The summed E-state index contributed by atoms with van der Waals surface area (Å²) >= 11 is 0. The minimum atomic E-state index is 0.180. The van der Waals surface area contributed by atoms with E-state index in [4.69, 9.17) is 9.47 Å². The summed E-state index contributed by atoms with van der Waals surface area (Å²) in [5.41, 5.74) is 5.85. The third-order valence-electron chi connectivity index (χ3n) is 4.76. The Hall–Kier alpha value is -2.20. The number of nitrogens with one attached hydrogen (secondary N) is 1. The molecule has 0 unspecified atom stereocenters. The van der Waals surface area contributed by atoms with Crippen LogP contribution >= 0.6 is 0 Å². The number of rotatable bonds is 0. The first-order valence-electron chi connectivity index (χ1n) is 7.33. The van der Waals surface area contributed by atoms with Gasteiger partial charge in [0.1, 0.15) is 0 Å². The molecule has 0 saturated heterocycles. The molecular weight excluding hydrogens is 266 g/mol. The molecule has 0 radical (unpaired) electrons. The minimum Gasteiger partial charge on any atom is -0.504 e. The van der Waals surface area contributed by atoms with Crippen molar-refractivity contribution >= 4 is 0 Å². The molecule has 0 spiro atoms. The summed E-state index contributed by atoms with van der Waals surface area (Å²) in [6, 6.07) is 8.68. The summed E-state index contributed by atoms with van der Waals surface area (Å²) in [6.45, 7) is 1.06. The summed E-state index contributed by atoms with van der Waals surface area (Å²) < 4.78 is 11.2. The lowest BCUT2D eigenvalue weighted by molar-refractivity contribution is 0.171. The quantitative estimate of drug-likeness (QED) is 0.779. The highest BCUT2D eigenvalue weighted by Crippen LogP contribution is 2.56. The molecule has 106 valence electrons. The van der Waals surface area contributed by atoms with Crippen LogP contribution in [0.1, 0.15) is 22.7 Å². The van der Waals surface area contributed by atoms with Gasteiger partial charge in [0.25, 0.3) is 0 Å². The molecule has 2 aromatic carbocycles. The van der Waals surface area contributed by atoms with Crippen molar-refractivity contribution in [3.63, 3.8) is 0 Å². The molecule has 2 N–H and O–H groups in total. The van der Waals surface area contributed by atoms with E-state index in [0.717, 1.165) is 30.5 Å². The third kappa shape index (κ3) is 1.38. The second kappa shape index (κ2) is 3.92. The van der Waals surface area contributed by atoms with Gasteiger partial charge >= 0.3 is 0 Å². The van der Waals surface area contributed by atoms with Crippen LogP contribution in [0.15, 0.2) is 24.3 Å². The minimum absolute atomic E-state index is 0.180. The van der Waals surface area contributed by atoms with E-state index in [1.165, 1.54) is 16.7 Å². The Kier molecular flexibility index (Phi) is 2.14. The second-order valence-corrected chi connectivity index (χ2v) is 5.80. The van der Waals surface area contributed by atoms with E-state index >= 15 is 0 Å². The van der Waals surface area contributed by atoms with E-state index < -0.39 is 0 Å². The first-order valence-corrected chi connectivity index (χ1v) is 7.33. The molecule has 0 fully saturated rings. The van der Waals surface area contributed by atoms with Crippen LogP contribution in [0.2, 0.25) is 0 Å². The number of hydrogen-bond acceptors (Lipinski definition) is 4. The molecule has 5 rings (SSSR count). The molecule has 2 heterocycles. The number of hydrogen-bond donors (Lipinski definition) is 2. The lowest BCUT2D eigenvalue weighted by Crippen LogP contribution is -2.33. The largest absolute Gasteiger partial charge is 0.504 e. The molecular formula is C17H15NO3. The first kappa shape index (κ1) is 11.5. The molecule has 3 aliphatic rings. The topological polar surface area (TPSA) is 50.7 Å². The maximum Gasteiger partial charge on any atom is 0.231 e. The highest BCUT2D eigenvalue weighted by molar-refractivity contribution is 5.86. The molecule has 4 nitrogen and oxygen atoms in total. The number of phenols is 1. The van der Waals surface area contributed by atoms with E-state index in [1.807, 2.05) is 0 Å². The summed E-state index contributed by atoms with van der Waals surface area (Å²) in [4.78, 5) is 0. The Balaban J connectivity index is 1.93. The van der Waals surface area contributed by atoms with E-state index in [9.17, 15) is 5.11 Å². The van der Waals surface area contributed by atoms with Crippen molar-refractivity contribution in [2.75, 3.05) is 13.3 Å². The van der Waals surface area contributed by atoms with Crippen LogP contribution in [0.3, 0.4) is 0 Å². The van der Waals surface area contributed by atoms with E-state index in [2.05, 4.69) is 29.6 Å². The average molecular weight is 281 g/mol. The van der Waals surface area contributed by atoms with Gasteiger partial charge in [-0.3, -0.25) is 0 Å². The van der Waals surface area contributed by atoms with Crippen molar-refractivity contribution in [2.24, 2.45) is 0 Å². The normalized spacial score (nSPS) is 20.9. The van der Waals surface area contributed by atoms with Crippen molar-refractivity contribution in [2.45, 2.75) is 18.9 Å². The monoisotopic (exact) mass is 281 g/mol. The number of benzene rings is 2. The maximum absolute atomic E-state index is 10.5. The predicted molar refractivity (Wildman–Crippen MR) is 77.8 cm³/mol. The molecule has 0 saturated carbocycles. The molecule has 21 heavy (non-hydrogen) atoms. The zero-order chi connectivity index (χ0) is 14.0. The van der Waals surface area contributed by atoms with Gasteiger partial charge in [0.15, 0.2) is 11.5 Å². The highest BCUT2D eigenvalue weighted by atomic mass is 16.7. The van der Waals surface area contributed by atoms with Gasteiger partial charge in [-0.15, -0.1) is 0 Å². The Morgan fingerprint density at radius 3 is 2.95 bits per heavy atom. The van der Waals surface area contributed by atoms with E-state index in [1.54, 1.807) is 0 Å². The van der Waals surface area contributed by atoms with Gasteiger partial charge < -0.3 is 19.9 Å². The average Bonchev–Trinajstić information content (AvgIpc) is 3.00. The Morgan fingerprint density at radius 2 is 2.00 bits per heavy atom. The molecule has 2 aromatic rings. The summed E-state index contributed by atoms with van der Waals surface area (Å²) in [5, 5.41) is 14.1. The van der Waals surface area contributed by atoms with Gasteiger partial charge in [-0.1, -0.05) is 24.3 Å². The van der Waals surface area contributed by atoms with Crippen molar-refractivity contribution in [3.8, 4) is 28.4 Å². The zero-order valence-corrected chi connectivity index (χ0v) is 11.5. The van der Waals surface area contributed by atoms with Gasteiger partial charge in [-0.05, 0) is 36.1 Å². The molecule has 0 bridgehead atoms. The van der Waals surface area contributed by atoms with E-state index in [-0.39, 0.29) is 18.6 Å². The van der Waals surface area contributed by atoms with Gasteiger partial charge in [-0.25, -0.2) is 0 Å². The first-order chi connectivity index (χ1) is 10.3. The molecule has 0 aromatic heterocycles. The summed E-state index contributed by atoms with van der Waals surface area (Å²) in [7, 11) is 0. The number of aromatic hydroxyl groups is 1. The smallest absolute Gasteiger partial charge is 0.231 e. The van der Waals surface area contributed by atoms with Crippen LogP contribution in [0.25, 0.3) is 11.1 Å². The maximum atomic E-state index is 10.5. The number of phenolic OH excluding ortho intramolecular Hbond substituents is 1. The van der Waals surface area contributed by atoms with Crippen molar-refractivity contribution in [1.29, 1.82) is 0 Å². The van der Waals surface area contributed by atoms with Gasteiger partial charge in [0, 0.05) is 17.2 Å². The number of fused-ring (bicyclic) bond motifs is 4. The predicted octanol–water partition coefficient (Wildman–Crippen LogP) is 2.53. The van der Waals surface area contributed by atoms with Crippen molar-refractivity contribution in [1.82, 2.24) is 5.32 Å². The number of ether oxygens (including phenoxy) is 2. The lowest BCUT2D eigenvalue weighted by Gasteiger charge is -2.35. The van der Waals surface area contributed by atoms with Crippen molar-refractivity contribution in [3.05, 3.63) is 41.0 Å². The standard InChI is InChI=1S/C17H15NO3/c19-15-11-5-6-18-12-7-9-3-1-2-4-10(9)14(13(11)12)16-17(15)21-8-20-16/h1-4,12,18-19H,5-8H2/t12-/m0/s1. The Bertz CT molecular complexity index is 769. The molecule has 0 amide bonds. The lowest BCUT2D eigenvalue weighted by atomic mass is 9.77. The summed E-state index contributed by atoms with van der Waals surface area (Å²) in [5.74, 6) is 1.49. The van der Waals surface area contributed by atoms with Gasteiger partial charge in [0.2, 0.25) is 12.5 Å². The van der Waals surface area contributed by atoms with Gasteiger partial charge in [-0.2, -0.15) is 0 Å². The zero-order valence-electron chi connectivity index (χ0n) is 11.5. The molecule has 2 aliphatic heterocycles. The van der Waals surface area contributed by atoms with Crippen molar-refractivity contribution < 1.29 is 14.6 Å². The van der Waals surface area contributed by atoms with Crippen LogP contribution < -0.4 is 14.8 Å². The highest BCUT2D eigenvalue weighted by Gasteiger charge is 2.38. The van der Waals surface area contributed by atoms with Crippen LogP contribution in [0, 0.1) is 0 Å². The Morgan fingerprint density at radius 1 is 1.14 bits per heavy atom. The molecule has 4 heteroatoms. The fraction of sp³-hybridized carbons (Fsp3) is 0.294. The molecule has 1 aliphatic carbocycles. The fourth-order valence-corrected chi connectivity index (χ4v) is 3.89. The third-order valence-corrected chi connectivity index (χ3v) is 4.76. The van der Waals surface area contributed by atoms with Crippen LogP contribution in [-0.4, -0.2) is 18.4 Å². The second-order valence-electron chi connectivity index (χ2n) is 5.80.